The van der Waals surface area contributed by atoms with Crippen molar-refractivity contribution in [3.63, 3.8) is 0 Å². The van der Waals surface area contributed by atoms with Gasteiger partial charge in [0.25, 0.3) is 5.56 Å². The zero-order valence-corrected chi connectivity index (χ0v) is 17.0. The van der Waals surface area contributed by atoms with Crippen LogP contribution in [0.25, 0.3) is 10.9 Å². The molecule has 0 saturated heterocycles. The van der Waals surface area contributed by atoms with Crippen LogP contribution in [0.15, 0.2) is 38.7 Å². The Morgan fingerprint density at radius 3 is 2.74 bits per heavy atom. The van der Waals surface area contributed by atoms with Crippen molar-refractivity contribution in [3.8, 4) is 0 Å². The molecule has 0 bridgehead atoms. The van der Waals surface area contributed by atoms with Crippen LogP contribution in [0.2, 0.25) is 0 Å². The number of hydrogen-bond donors (Lipinski definition) is 0. The summed E-state index contributed by atoms with van der Waals surface area (Å²) >= 11 is 1.54. The van der Waals surface area contributed by atoms with Gasteiger partial charge in [-0.3, -0.25) is 9.36 Å². The van der Waals surface area contributed by atoms with Gasteiger partial charge < -0.3 is 9.26 Å². The molecule has 0 aliphatic rings. The van der Waals surface area contributed by atoms with Gasteiger partial charge in [0.05, 0.1) is 22.7 Å². The molecular weight excluding hydrogens is 362 g/mol. The normalized spacial score (nSPS) is 11.6. The zero-order valence-electron chi connectivity index (χ0n) is 16.2. The molecule has 6 nitrogen and oxygen atoms in total. The van der Waals surface area contributed by atoms with Crippen LogP contribution < -0.4 is 5.56 Å². The quantitative estimate of drug-likeness (QED) is 0.329. The van der Waals surface area contributed by atoms with Crippen LogP contribution in [0.1, 0.15) is 37.3 Å². The highest BCUT2D eigenvalue weighted by molar-refractivity contribution is 7.98. The summed E-state index contributed by atoms with van der Waals surface area (Å²) in [6.45, 7) is 9.04. The van der Waals surface area contributed by atoms with Crippen molar-refractivity contribution in [3.05, 3.63) is 51.6 Å². The lowest BCUT2D eigenvalue weighted by molar-refractivity contribution is 0.0743. The molecule has 144 valence electrons. The van der Waals surface area contributed by atoms with E-state index < -0.39 is 0 Å². The highest BCUT2D eigenvalue weighted by Gasteiger charge is 2.15. The number of benzene rings is 1. The molecule has 2 aromatic heterocycles. The lowest BCUT2D eigenvalue weighted by Crippen LogP contribution is -2.24. The second kappa shape index (κ2) is 8.71. The highest BCUT2D eigenvalue weighted by Crippen LogP contribution is 2.25. The molecule has 0 radical (unpaired) electrons. The van der Waals surface area contributed by atoms with Gasteiger partial charge in [0, 0.05) is 24.5 Å². The Kier molecular flexibility index (Phi) is 6.34. The van der Waals surface area contributed by atoms with E-state index in [0.29, 0.717) is 29.4 Å². The average molecular weight is 388 g/mol. The molecule has 0 N–H and O–H groups in total. The largest absolute Gasteiger partial charge is 0.379 e. The van der Waals surface area contributed by atoms with E-state index in [0.717, 1.165) is 29.0 Å². The van der Waals surface area contributed by atoms with E-state index in [2.05, 4.69) is 5.16 Å². The summed E-state index contributed by atoms with van der Waals surface area (Å²) in [5, 5.41) is 5.36. The summed E-state index contributed by atoms with van der Waals surface area (Å²) in [4.78, 5) is 17.8. The van der Waals surface area contributed by atoms with Gasteiger partial charge in [0.15, 0.2) is 5.16 Å². The number of rotatable bonds is 8. The van der Waals surface area contributed by atoms with Crippen LogP contribution in [0, 0.1) is 13.8 Å². The third-order valence-corrected chi connectivity index (χ3v) is 5.33. The molecule has 0 fully saturated rings. The lowest BCUT2D eigenvalue weighted by Gasteiger charge is -2.14. The van der Waals surface area contributed by atoms with E-state index in [1.54, 1.807) is 4.57 Å². The van der Waals surface area contributed by atoms with Crippen LogP contribution in [0.5, 0.6) is 0 Å². The van der Waals surface area contributed by atoms with Gasteiger partial charge in [-0.2, -0.15) is 0 Å². The fourth-order valence-corrected chi connectivity index (χ4v) is 4.02. The summed E-state index contributed by atoms with van der Waals surface area (Å²) in [6, 6.07) is 7.48. The zero-order chi connectivity index (χ0) is 19.4. The molecule has 0 aliphatic heterocycles. The van der Waals surface area contributed by atoms with E-state index in [1.807, 2.05) is 52.0 Å². The first-order valence-electron chi connectivity index (χ1n) is 9.13. The standard InChI is InChI=1S/C20H25N3O3S/c1-13(2)25-11-7-10-23-19(24)16-8-5-6-9-18(16)21-20(23)27-12-17-14(3)22-26-15(17)4/h5-6,8-9,13H,7,10-12H2,1-4H3. The SMILES string of the molecule is Cc1noc(C)c1CSc1nc2ccccc2c(=O)n1CCCOC(C)C. The molecule has 1 aromatic carbocycles. The van der Waals surface area contributed by atoms with Crippen molar-refractivity contribution in [1.82, 2.24) is 14.7 Å². The molecule has 0 aliphatic carbocycles. The topological polar surface area (TPSA) is 70.2 Å². The Hall–Kier alpha value is -2.12. The molecule has 3 rings (SSSR count). The minimum absolute atomic E-state index is 0.00795. The second-order valence-corrected chi connectivity index (χ2v) is 7.68. The first kappa shape index (κ1) is 19.6. The summed E-state index contributed by atoms with van der Waals surface area (Å²) in [5.74, 6) is 1.47. The molecule has 0 spiro atoms. The number of aromatic nitrogens is 3. The van der Waals surface area contributed by atoms with Crippen molar-refractivity contribution >= 4 is 22.7 Å². The number of fused-ring (bicyclic) bond motifs is 1. The molecule has 0 atom stereocenters. The third kappa shape index (κ3) is 4.59. The highest BCUT2D eigenvalue weighted by atomic mass is 32.2. The van der Waals surface area contributed by atoms with Crippen LogP contribution >= 0.6 is 11.8 Å². The number of aryl methyl sites for hydroxylation is 2. The van der Waals surface area contributed by atoms with Gasteiger partial charge in [-0.05, 0) is 46.2 Å². The van der Waals surface area contributed by atoms with Gasteiger partial charge in [-0.25, -0.2) is 4.98 Å². The maximum atomic E-state index is 13.0. The summed E-state index contributed by atoms with van der Waals surface area (Å²) in [5.41, 5.74) is 2.64. The first-order chi connectivity index (χ1) is 13.0. The molecule has 0 amide bonds. The number of ether oxygens (including phenoxy) is 1. The summed E-state index contributed by atoms with van der Waals surface area (Å²) in [6.07, 6.45) is 0.946. The molecule has 0 unspecified atom stereocenters. The van der Waals surface area contributed by atoms with Crippen LogP contribution in [-0.2, 0) is 17.0 Å². The maximum Gasteiger partial charge on any atom is 0.262 e. The van der Waals surface area contributed by atoms with Crippen molar-refractivity contribution < 1.29 is 9.26 Å². The fraction of sp³-hybridized carbons (Fsp3) is 0.450. The lowest BCUT2D eigenvalue weighted by atomic mass is 10.2. The number of thioether (sulfide) groups is 1. The van der Waals surface area contributed by atoms with E-state index in [9.17, 15) is 4.79 Å². The van der Waals surface area contributed by atoms with Gasteiger partial charge in [-0.1, -0.05) is 29.1 Å². The van der Waals surface area contributed by atoms with Gasteiger partial charge in [0.2, 0.25) is 0 Å². The Morgan fingerprint density at radius 2 is 2.04 bits per heavy atom. The Bertz CT molecular complexity index is 959. The van der Waals surface area contributed by atoms with Crippen molar-refractivity contribution in [2.45, 2.75) is 57.7 Å². The smallest absolute Gasteiger partial charge is 0.262 e. The number of nitrogens with zero attached hydrogens (tertiary/aromatic N) is 3. The van der Waals surface area contributed by atoms with E-state index in [4.69, 9.17) is 14.2 Å². The van der Waals surface area contributed by atoms with E-state index in [1.165, 1.54) is 11.8 Å². The minimum Gasteiger partial charge on any atom is -0.379 e. The molecule has 2 heterocycles. The third-order valence-electron chi connectivity index (χ3n) is 4.33. The minimum atomic E-state index is -0.00795. The van der Waals surface area contributed by atoms with Crippen LogP contribution in [0.3, 0.4) is 0 Å². The van der Waals surface area contributed by atoms with E-state index in [-0.39, 0.29) is 11.7 Å². The van der Waals surface area contributed by atoms with Crippen molar-refractivity contribution in [2.24, 2.45) is 0 Å². The predicted octanol–water partition coefficient (Wildman–Crippen LogP) is 4.11. The molecule has 7 heteroatoms. The van der Waals surface area contributed by atoms with E-state index >= 15 is 0 Å². The summed E-state index contributed by atoms with van der Waals surface area (Å²) in [7, 11) is 0. The van der Waals surface area contributed by atoms with Gasteiger partial charge in [0.1, 0.15) is 5.76 Å². The maximum absolute atomic E-state index is 13.0. The first-order valence-corrected chi connectivity index (χ1v) is 10.1. The van der Waals surface area contributed by atoms with Crippen molar-refractivity contribution in [2.75, 3.05) is 6.61 Å². The predicted molar refractivity (Wildman–Crippen MR) is 107 cm³/mol. The molecule has 0 saturated carbocycles. The Morgan fingerprint density at radius 1 is 1.26 bits per heavy atom. The van der Waals surface area contributed by atoms with Gasteiger partial charge in [-0.15, -0.1) is 0 Å². The molecule has 27 heavy (non-hydrogen) atoms. The van der Waals surface area contributed by atoms with Crippen molar-refractivity contribution in [1.29, 1.82) is 0 Å². The summed E-state index contributed by atoms with van der Waals surface area (Å²) < 4.78 is 12.6. The monoisotopic (exact) mass is 387 g/mol. The Labute approximate surface area is 162 Å². The number of hydrogen-bond acceptors (Lipinski definition) is 6. The number of para-hydroxylation sites is 1. The molecular formula is C20H25N3O3S. The van der Waals surface area contributed by atoms with Crippen LogP contribution in [0.4, 0.5) is 0 Å². The average Bonchev–Trinajstić information content (AvgIpc) is 2.96. The fourth-order valence-electron chi connectivity index (χ4n) is 2.84. The Balaban J connectivity index is 1.89. The van der Waals surface area contributed by atoms with Gasteiger partial charge >= 0.3 is 0 Å². The van der Waals surface area contributed by atoms with Crippen LogP contribution in [-0.4, -0.2) is 27.4 Å². The second-order valence-electron chi connectivity index (χ2n) is 6.73. The molecule has 3 aromatic rings.